The molecular weight excluding hydrogens is 284 g/mol. The standard InChI is InChI=1S/C16H26N2O4/c1-3-21-14(19)17-18(15(20)22-4-2)16-8-11-5-12(9-16)7-13(6-11)10-16/h11-13H,3-10H2,1-2H3,(H,17,19). The molecule has 0 unspecified atom stereocenters. The second-order valence-electron chi connectivity index (χ2n) is 7.01. The van der Waals surface area contributed by atoms with Crippen LogP contribution in [0.15, 0.2) is 0 Å². The highest BCUT2D eigenvalue weighted by Gasteiger charge is 2.56. The van der Waals surface area contributed by atoms with Crippen LogP contribution in [-0.4, -0.2) is 35.9 Å². The van der Waals surface area contributed by atoms with Gasteiger partial charge in [-0.1, -0.05) is 0 Å². The zero-order chi connectivity index (χ0) is 15.7. The van der Waals surface area contributed by atoms with E-state index in [0.29, 0.717) is 24.4 Å². The lowest BCUT2D eigenvalue weighted by molar-refractivity contribution is -0.0963. The quantitative estimate of drug-likeness (QED) is 0.813. The van der Waals surface area contributed by atoms with Gasteiger partial charge < -0.3 is 9.47 Å². The first-order valence-corrected chi connectivity index (χ1v) is 8.46. The van der Waals surface area contributed by atoms with Crippen LogP contribution in [0.4, 0.5) is 9.59 Å². The van der Waals surface area contributed by atoms with Gasteiger partial charge in [-0.25, -0.2) is 20.0 Å². The van der Waals surface area contributed by atoms with Crippen molar-refractivity contribution in [2.45, 2.75) is 57.9 Å². The van der Waals surface area contributed by atoms with Gasteiger partial charge in [-0.05, 0) is 70.1 Å². The van der Waals surface area contributed by atoms with Crippen molar-refractivity contribution in [2.75, 3.05) is 13.2 Å². The molecule has 0 heterocycles. The molecule has 4 rings (SSSR count). The maximum atomic E-state index is 12.4. The van der Waals surface area contributed by atoms with Crippen LogP contribution < -0.4 is 5.43 Å². The van der Waals surface area contributed by atoms with E-state index in [9.17, 15) is 9.59 Å². The number of hydrazine groups is 1. The smallest absolute Gasteiger partial charge is 0.429 e. The van der Waals surface area contributed by atoms with Crippen molar-refractivity contribution in [2.24, 2.45) is 17.8 Å². The molecule has 6 nitrogen and oxygen atoms in total. The largest absolute Gasteiger partial charge is 0.449 e. The molecule has 22 heavy (non-hydrogen) atoms. The lowest BCUT2D eigenvalue weighted by Gasteiger charge is -2.59. The molecule has 0 aliphatic heterocycles. The van der Waals surface area contributed by atoms with Gasteiger partial charge in [0.1, 0.15) is 0 Å². The lowest BCUT2D eigenvalue weighted by atomic mass is 9.53. The minimum absolute atomic E-state index is 0.281. The van der Waals surface area contributed by atoms with Crippen LogP contribution in [0.1, 0.15) is 52.4 Å². The molecule has 124 valence electrons. The molecule has 0 saturated heterocycles. The van der Waals surface area contributed by atoms with Crippen LogP contribution in [0.2, 0.25) is 0 Å². The van der Waals surface area contributed by atoms with E-state index in [1.807, 2.05) is 0 Å². The summed E-state index contributed by atoms with van der Waals surface area (Å²) in [6, 6.07) is 0. The van der Waals surface area contributed by atoms with Crippen molar-refractivity contribution in [3.63, 3.8) is 0 Å². The number of rotatable bonds is 3. The Morgan fingerprint density at radius 1 is 1.00 bits per heavy atom. The molecule has 4 aliphatic rings. The summed E-state index contributed by atoms with van der Waals surface area (Å²) in [6.45, 7) is 4.11. The van der Waals surface area contributed by atoms with Gasteiger partial charge in [0.25, 0.3) is 0 Å². The van der Waals surface area contributed by atoms with E-state index in [2.05, 4.69) is 5.43 Å². The third-order valence-electron chi connectivity index (χ3n) is 5.41. The topological polar surface area (TPSA) is 67.9 Å². The minimum atomic E-state index is -0.578. The van der Waals surface area contributed by atoms with Gasteiger partial charge in [0.05, 0.1) is 18.8 Å². The van der Waals surface area contributed by atoms with Gasteiger partial charge in [-0.15, -0.1) is 0 Å². The van der Waals surface area contributed by atoms with E-state index >= 15 is 0 Å². The number of nitrogens with zero attached hydrogens (tertiary/aromatic N) is 1. The van der Waals surface area contributed by atoms with E-state index in [0.717, 1.165) is 19.3 Å². The maximum absolute atomic E-state index is 12.4. The molecule has 4 saturated carbocycles. The van der Waals surface area contributed by atoms with Crippen molar-refractivity contribution >= 4 is 12.2 Å². The second kappa shape index (κ2) is 5.97. The first kappa shape index (κ1) is 15.4. The monoisotopic (exact) mass is 310 g/mol. The average Bonchev–Trinajstić information content (AvgIpc) is 2.43. The molecule has 0 radical (unpaired) electrons. The van der Waals surface area contributed by atoms with Crippen LogP contribution >= 0.6 is 0 Å². The Kier molecular flexibility index (Phi) is 4.19. The highest BCUT2D eigenvalue weighted by molar-refractivity contribution is 5.74. The van der Waals surface area contributed by atoms with Crippen LogP contribution in [0.25, 0.3) is 0 Å². The van der Waals surface area contributed by atoms with E-state index < -0.39 is 12.2 Å². The molecule has 0 aromatic heterocycles. The lowest BCUT2D eigenvalue weighted by Crippen LogP contribution is -2.66. The van der Waals surface area contributed by atoms with Crippen LogP contribution in [0.3, 0.4) is 0 Å². The van der Waals surface area contributed by atoms with E-state index in [-0.39, 0.29) is 12.1 Å². The Hall–Kier alpha value is -1.46. The SMILES string of the molecule is CCOC(=O)NN(C(=O)OCC)C12CC3CC(CC(C3)C1)C2. The summed E-state index contributed by atoms with van der Waals surface area (Å²) in [5.74, 6) is 2.02. The summed E-state index contributed by atoms with van der Waals surface area (Å²) >= 11 is 0. The Labute approximate surface area is 131 Å². The second-order valence-corrected chi connectivity index (χ2v) is 7.01. The van der Waals surface area contributed by atoms with Gasteiger partial charge in [-0.2, -0.15) is 0 Å². The summed E-state index contributed by atoms with van der Waals surface area (Å²) in [5, 5.41) is 1.46. The Morgan fingerprint density at radius 2 is 1.50 bits per heavy atom. The fourth-order valence-corrected chi connectivity index (χ4v) is 5.14. The first-order chi connectivity index (χ1) is 10.6. The average molecular weight is 310 g/mol. The van der Waals surface area contributed by atoms with Gasteiger partial charge in [0.15, 0.2) is 0 Å². The van der Waals surface area contributed by atoms with Crippen molar-refractivity contribution < 1.29 is 19.1 Å². The number of carbonyl (C=O) groups is 2. The number of ether oxygens (including phenoxy) is 2. The van der Waals surface area contributed by atoms with Gasteiger partial charge in [-0.3, -0.25) is 0 Å². The zero-order valence-electron chi connectivity index (χ0n) is 13.5. The highest BCUT2D eigenvalue weighted by Crippen LogP contribution is 2.57. The van der Waals surface area contributed by atoms with Crippen molar-refractivity contribution in [3.05, 3.63) is 0 Å². The Bertz CT molecular complexity index is 416. The third-order valence-corrected chi connectivity index (χ3v) is 5.41. The summed E-state index contributed by atoms with van der Waals surface area (Å²) in [6.07, 6.45) is 5.67. The molecule has 6 heteroatoms. The van der Waals surface area contributed by atoms with Crippen molar-refractivity contribution in [3.8, 4) is 0 Å². The Balaban J connectivity index is 1.81. The van der Waals surface area contributed by atoms with Crippen LogP contribution in [0.5, 0.6) is 0 Å². The number of carbonyl (C=O) groups excluding carboxylic acids is 2. The summed E-state index contributed by atoms with van der Waals surface area (Å²) in [4.78, 5) is 24.3. The Morgan fingerprint density at radius 3 is 1.95 bits per heavy atom. The molecule has 1 N–H and O–H groups in total. The number of nitrogens with one attached hydrogen (secondary N) is 1. The summed E-state index contributed by atoms with van der Waals surface area (Å²) in [7, 11) is 0. The fourth-order valence-electron chi connectivity index (χ4n) is 5.14. The normalized spacial score (nSPS) is 35.1. The number of hydrogen-bond donors (Lipinski definition) is 1. The highest BCUT2D eigenvalue weighted by atomic mass is 16.6. The molecule has 0 spiro atoms. The number of amides is 2. The van der Waals surface area contributed by atoms with E-state index in [1.54, 1.807) is 13.8 Å². The molecule has 0 aromatic rings. The van der Waals surface area contributed by atoms with Crippen molar-refractivity contribution in [1.29, 1.82) is 0 Å². The maximum Gasteiger partial charge on any atom is 0.429 e. The fraction of sp³-hybridized carbons (Fsp3) is 0.875. The minimum Gasteiger partial charge on any atom is -0.449 e. The summed E-state index contributed by atoms with van der Waals surface area (Å²) in [5.41, 5.74) is 2.37. The van der Waals surface area contributed by atoms with Gasteiger partial charge in [0, 0.05) is 0 Å². The molecule has 4 aliphatic carbocycles. The van der Waals surface area contributed by atoms with E-state index in [1.165, 1.54) is 24.3 Å². The predicted molar refractivity (Wildman–Crippen MR) is 79.9 cm³/mol. The van der Waals surface area contributed by atoms with Gasteiger partial charge >= 0.3 is 12.2 Å². The zero-order valence-corrected chi connectivity index (χ0v) is 13.5. The molecule has 4 fully saturated rings. The van der Waals surface area contributed by atoms with Crippen molar-refractivity contribution in [1.82, 2.24) is 10.4 Å². The molecule has 2 amide bonds. The summed E-state index contributed by atoms with van der Waals surface area (Å²) < 4.78 is 10.2. The molecule has 4 bridgehead atoms. The molecule has 0 atom stereocenters. The molecule has 0 aromatic carbocycles. The predicted octanol–water partition coefficient (Wildman–Crippen LogP) is 3.07. The number of hydrogen-bond acceptors (Lipinski definition) is 4. The van der Waals surface area contributed by atoms with Crippen LogP contribution in [-0.2, 0) is 9.47 Å². The van der Waals surface area contributed by atoms with Crippen LogP contribution in [0, 0.1) is 17.8 Å². The van der Waals surface area contributed by atoms with E-state index in [4.69, 9.17) is 9.47 Å². The third kappa shape index (κ3) is 2.75. The first-order valence-electron chi connectivity index (χ1n) is 8.46. The molecular formula is C16H26N2O4. The van der Waals surface area contributed by atoms with Gasteiger partial charge in [0.2, 0.25) is 0 Å².